The second kappa shape index (κ2) is 7.08. The predicted octanol–water partition coefficient (Wildman–Crippen LogP) is 2.80. The molecule has 1 N–H and O–H groups in total. The van der Waals surface area contributed by atoms with E-state index in [4.69, 9.17) is 0 Å². The Bertz CT molecular complexity index is 616. The molecule has 1 fully saturated rings. The minimum atomic E-state index is -3.33. The Balaban J connectivity index is 1.93. The van der Waals surface area contributed by atoms with Crippen molar-refractivity contribution < 1.29 is 13.2 Å². The third kappa shape index (κ3) is 4.29. The third-order valence-electron chi connectivity index (χ3n) is 4.00. The molecule has 1 saturated carbocycles. The van der Waals surface area contributed by atoms with Crippen LogP contribution in [0.15, 0.2) is 5.38 Å². The van der Waals surface area contributed by atoms with Crippen molar-refractivity contribution in [3.8, 4) is 0 Å². The first kappa shape index (κ1) is 17.4. The zero-order chi connectivity index (χ0) is 16.3. The van der Waals surface area contributed by atoms with Gasteiger partial charge >= 0.3 is 0 Å². The zero-order valence-electron chi connectivity index (χ0n) is 13.3. The van der Waals surface area contributed by atoms with E-state index >= 15 is 0 Å². The highest BCUT2D eigenvalue weighted by atomic mass is 32.2. The normalized spacial score (nSPS) is 17.8. The number of carbonyl (C=O) groups is 1. The number of hydrogen-bond donors (Lipinski definition) is 1. The predicted molar refractivity (Wildman–Crippen MR) is 88.8 cm³/mol. The van der Waals surface area contributed by atoms with Crippen LogP contribution in [0, 0.1) is 0 Å². The molecule has 5 nitrogen and oxygen atoms in total. The lowest BCUT2D eigenvalue weighted by molar-refractivity contribution is -0.119. The molecule has 1 heterocycles. The summed E-state index contributed by atoms with van der Waals surface area (Å²) >= 11 is 1.57. The molecule has 124 valence electrons. The second-order valence-electron chi connectivity index (χ2n) is 6.27. The molecule has 0 radical (unpaired) electrons. The van der Waals surface area contributed by atoms with E-state index in [1.807, 2.05) is 12.3 Å². The van der Waals surface area contributed by atoms with Gasteiger partial charge in [-0.3, -0.25) is 4.79 Å². The van der Waals surface area contributed by atoms with E-state index in [-0.39, 0.29) is 11.3 Å². The van der Waals surface area contributed by atoms with Crippen LogP contribution in [0.3, 0.4) is 0 Å². The van der Waals surface area contributed by atoms with E-state index in [0.717, 1.165) is 23.5 Å². The van der Waals surface area contributed by atoms with E-state index < -0.39 is 21.5 Å². The first-order valence-corrected chi connectivity index (χ1v) is 10.4. The van der Waals surface area contributed by atoms with Gasteiger partial charge in [0.1, 0.15) is 5.75 Å². The van der Waals surface area contributed by atoms with Crippen LogP contribution in [0.1, 0.15) is 69.1 Å². The topological polar surface area (TPSA) is 76.1 Å². The number of carbonyl (C=O) groups excluding carboxylic acids is 1. The van der Waals surface area contributed by atoms with E-state index in [9.17, 15) is 13.2 Å². The number of thiazole rings is 1. The van der Waals surface area contributed by atoms with Crippen molar-refractivity contribution in [2.45, 2.75) is 63.7 Å². The van der Waals surface area contributed by atoms with Crippen LogP contribution in [0.4, 0.5) is 0 Å². The van der Waals surface area contributed by atoms with Crippen molar-refractivity contribution in [1.82, 2.24) is 10.3 Å². The quantitative estimate of drug-likeness (QED) is 0.861. The molecule has 22 heavy (non-hydrogen) atoms. The minimum Gasteiger partial charge on any atom is -0.347 e. The molecule has 0 spiro atoms. The van der Waals surface area contributed by atoms with Crippen LogP contribution in [0.5, 0.6) is 0 Å². The SMILES string of the molecule is CC(C)c1nc([C@@H](C)NC(=O)CS(=O)(=O)C2CCCC2)cs1. The van der Waals surface area contributed by atoms with Crippen molar-refractivity contribution in [2.75, 3.05) is 5.75 Å². The fourth-order valence-corrected chi connectivity index (χ4v) is 5.33. The van der Waals surface area contributed by atoms with Gasteiger partial charge in [-0.1, -0.05) is 26.7 Å². The lowest BCUT2D eigenvalue weighted by Gasteiger charge is -2.14. The maximum absolute atomic E-state index is 12.2. The lowest BCUT2D eigenvalue weighted by Crippen LogP contribution is -2.35. The molecule has 0 saturated heterocycles. The van der Waals surface area contributed by atoms with E-state index in [0.29, 0.717) is 18.8 Å². The largest absolute Gasteiger partial charge is 0.347 e. The van der Waals surface area contributed by atoms with Gasteiger partial charge in [-0.15, -0.1) is 11.3 Å². The second-order valence-corrected chi connectivity index (χ2v) is 9.44. The molecule has 1 amide bonds. The summed E-state index contributed by atoms with van der Waals surface area (Å²) in [6.07, 6.45) is 3.27. The Morgan fingerprint density at radius 3 is 2.55 bits per heavy atom. The van der Waals surface area contributed by atoms with Gasteiger partial charge < -0.3 is 5.32 Å². The van der Waals surface area contributed by atoms with Crippen LogP contribution in [-0.4, -0.2) is 30.3 Å². The highest BCUT2D eigenvalue weighted by Gasteiger charge is 2.31. The molecule has 7 heteroatoms. The summed E-state index contributed by atoms with van der Waals surface area (Å²) in [5.41, 5.74) is 0.792. The van der Waals surface area contributed by atoms with Gasteiger partial charge in [0, 0.05) is 11.3 Å². The van der Waals surface area contributed by atoms with Crippen molar-refractivity contribution in [1.29, 1.82) is 0 Å². The monoisotopic (exact) mass is 344 g/mol. The van der Waals surface area contributed by atoms with Gasteiger partial charge in [-0.05, 0) is 19.8 Å². The van der Waals surface area contributed by atoms with Gasteiger partial charge in [0.15, 0.2) is 9.84 Å². The Hall–Kier alpha value is -0.950. The highest BCUT2D eigenvalue weighted by Crippen LogP contribution is 2.25. The maximum atomic E-state index is 12.2. The summed E-state index contributed by atoms with van der Waals surface area (Å²) in [4.78, 5) is 16.5. The number of hydrogen-bond acceptors (Lipinski definition) is 5. The summed E-state index contributed by atoms with van der Waals surface area (Å²) in [7, 11) is -3.33. The Kier molecular flexibility index (Phi) is 5.60. The molecule has 1 aromatic heterocycles. The molecule has 0 aromatic carbocycles. The molecule has 1 aliphatic rings. The fraction of sp³-hybridized carbons (Fsp3) is 0.733. The Labute approximate surface area is 136 Å². The zero-order valence-corrected chi connectivity index (χ0v) is 15.0. The fourth-order valence-electron chi connectivity index (χ4n) is 2.67. The first-order valence-electron chi connectivity index (χ1n) is 7.76. The van der Waals surface area contributed by atoms with Crippen LogP contribution in [-0.2, 0) is 14.6 Å². The third-order valence-corrected chi connectivity index (χ3v) is 7.31. The van der Waals surface area contributed by atoms with Gasteiger partial charge in [0.05, 0.1) is 22.0 Å². The average molecular weight is 345 g/mol. The van der Waals surface area contributed by atoms with Crippen LogP contribution < -0.4 is 5.32 Å². The average Bonchev–Trinajstić information content (AvgIpc) is 3.10. The van der Waals surface area contributed by atoms with Crippen molar-refractivity contribution in [3.05, 3.63) is 16.1 Å². The minimum absolute atomic E-state index is 0.268. The van der Waals surface area contributed by atoms with Gasteiger partial charge in [0.2, 0.25) is 5.91 Å². The van der Waals surface area contributed by atoms with E-state index in [1.54, 1.807) is 11.3 Å². The number of sulfone groups is 1. The molecule has 0 unspecified atom stereocenters. The summed E-state index contributed by atoms with van der Waals surface area (Å²) < 4.78 is 24.4. The summed E-state index contributed by atoms with van der Waals surface area (Å²) in [6.45, 7) is 5.97. The number of nitrogens with one attached hydrogen (secondary N) is 1. The number of nitrogens with zero attached hydrogens (tertiary/aromatic N) is 1. The summed E-state index contributed by atoms with van der Waals surface area (Å²) in [5, 5.41) is 5.37. The Morgan fingerprint density at radius 1 is 1.36 bits per heavy atom. The molecule has 1 atom stereocenters. The van der Waals surface area contributed by atoms with E-state index in [1.165, 1.54) is 0 Å². The van der Waals surface area contributed by atoms with Crippen LogP contribution in [0.2, 0.25) is 0 Å². The number of rotatable bonds is 6. The van der Waals surface area contributed by atoms with Gasteiger partial charge in [-0.25, -0.2) is 13.4 Å². The molecule has 1 aliphatic carbocycles. The molecule has 1 aromatic rings. The number of amides is 1. The first-order chi connectivity index (χ1) is 10.3. The van der Waals surface area contributed by atoms with Gasteiger partial charge in [0.25, 0.3) is 0 Å². The van der Waals surface area contributed by atoms with Crippen molar-refractivity contribution in [2.24, 2.45) is 0 Å². The van der Waals surface area contributed by atoms with Crippen molar-refractivity contribution >= 4 is 27.1 Å². The molecule has 2 rings (SSSR count). The summed E-state index contributed by atoms with van der Waals surface area (Å²) in [6, 6.07) is -0.268. The van der Waals surface area contributed by atoms with Crippen LogP contribution >= 0.6 is 11.3 Å². The standard InChI is InChI=1S/C15H24N2O3S2/c1-10(2)15-17-13(8-21-15)11(3)16-14(18)9-22(19,20)12-6-4-5-7-12/h8,10-12H,4-7,9H2,1-3H3,(H,16,18)/t11-/m1/s1. The van der Waals surface area contributed by atoms with E-state index in [2.05, 4.69) is 24.1 Å². The lowest BCUT2D eigenvalue weighted by atomic mass is 10.2. The molecule has 0 bridgehead atoms. The van der Waals surface area contributed by atoms with Crippen molar-refractivity contribution in [3.63, 3.8) is 0 Å². The Morgan fingerprint density at radius 2 is 2.00 bits per heavy atom. The van der Waals surface area contributed by atoms with Crippen LogP contribution in [0.25, 0.3) is 0 Å². The molecular weight excluding hydrogens is 320 g/mol. The summed E-state index contributed by atoms with van der Waals surface area (Å²) in [5.74, 6) is -0.494. The van der Waals surface area contributed by atoms with Gasteiger partial charge in [-0.2, -0.15) is 0 Å². The highest BCUT2D eigenvalue weighted by molar-refractivity contribution is 7.92. The smallest absolute Gasteiger partial charge is 0.235 e. The number of aromatic nitrogens is 1. The molecular formula is C15H24N2O3S2. The molecule has 0 aliphatic heterocycles. The maximum Gasteiger partial charge on any atom is 0.235 e.